The first kappa shape index (κ1) is 19.9. The van der Waals surface area contributed by atoms with Crippen molar-refractivity contribution in [2.24, 2.45) is 0 Å². The summed E-state index contributed by atoms with van der Waals surface area (Å²) in [6.07, 6.45) is 3.56. The summed E-state index contributed by atoms with van der Waals surface area (Å²) in [4.78, 5) is 18.1. The normalized spacial score (nSPS) is 11.0. The molecule has 0 unspecified atom stereocenters. The Labute approximate surface area is 168 Å². The number of carbonyl (C=O) groups is 1. The van der Waals surface area contributed by atoms with Crippen molar-refractivity contribution >= 4 is 17.6 Å². The molecule has 0 bridgehead atoms. The number of esters is 1. The summed E-state index contributed by atoms with van der Waals surface area (Å²) in [6.45, 7) is 3.72. The molecule has 0 aliphatic heterocycles. The molecule has 3 rings (SSSR count). The SMILES string of the molecule is CCOC(=O)Cn1nnnc1CN(Cc1cccnc1)Cc1ccccc1Cl. The van der Waals surface area contributed by atoms with E-state index in [1.54, 1.807) is 13.1 Å². The fourth-order valence-electron chi connectivity index (χ4n) is 2.77. The van der Waals surface area contributed by atoms with Crippen LogP contribution >= 0.6 is 11.6 Å². The van der Waals surface area contributed by atoms with E-state index >= 15 is 0 Å². The number of halogens is 1. The summed E-state index contributed by atoms with van der Waals surface area (Å²) in [5, 5.41) is 12.4. The lowest BCUT2D eigenvalue weighted by Gasteiger charge is -2.22. The van der Waals surface area contributed by atoms with Crippen LogP contribution in [0, 0.1) is 0 Å². The average molecular weight is 401 g/mol. The molecule has 1 aromatic carbocycles. The van der Waals surface area contributed by atoms with Gasteiger partial charge in [0.25, 0.3) is 0 Å². The summed E-state index contributed by atoms with van der Waals surface area (Å²) in [7, 11) is 0. The third-order valence-corrected chi connectivity index (χ3v) is 4.40. The second-order valence-electron chi connectivity index (χ2n) is 6.16. The minimum atomic E-state index is -0.374. The zero-order valence-corrected chi connectivity index (χ0v) is 16.3. The zero-order chi connectivity index (χ0) is 19.8. The molecule has 0 amide bonds. The van der Waals surface area contributed by atoms with Crippen LogP contribution in [0.25, 0.3) is 0 Å². The largest absolute Gasteiger partial charge is 0.465 e. The van der Waals surface area contributed by atoms with E-state index in [9.17, 15) is 4.79 Å². The maximum atomic E-state index is 11.8. The molecule has 9 heteroatoms. The molecule has 0 saturated carbocycles. The lowest BCUT2D eigenvalue weighted by atomic mass is 10.2. The lowest BCUT2D eigenvalue weighted by molar-refractivity contribution is -0.144. The predicted octanol–water partition coefficient (Wildman–Crippen LogP) is 2.49. The Kier molecular flexibility index (Phi) is 7.05. The van der Waals surface area contributed by atoms with Crippen molar-refractivity contribution in [1.29, 1.82) is 0 Å². The highest BCUT2D eigenvalue weighted by Crippen LogP contribution is 2.19. The van der Waals surface area contributed by atoms with Gasteiger partial charge in [-0.05, 0) is 40.6 Å². The van der Waals surface area contributed by atoms with E-state index in [-0.39, 0.29) is 12.5 Å². The first-order valence-electron chi connectivity index (χ1n) is 8.91. The van der Waals surface area contributed by atoms with Crippen molar-refractivity contribution in [2.45, 2.75) is 33.1 Å². The van der Waals surface area contributed by atoms with Gasteiger partial charge in [-0.3, -0.25) is 14.7 Å². The zero-order valence-electron chi connectivity index (χ0n) is 15.5. The molecule has 0 fully saturated rings. The molecule has 0 radical (unpaired) electrons. The molecule has 8 nitrogen and oxygen atoms in total. The van der Waals surface area contributed by atoms with Gasteiger partial charge in [-0.2, -0.15) is 0 Å². The van der Waals surface area contributed by atoms with Crippen LogP contribution in [0.1, 0.15) is 23.9 Å². The summed E-state index contributed by atoms with van der Waals surface area (Å²) in [6, 6.07) is 11.6. The second-order valence-corrected chi connectivity index (χ2v) is 6.56. The minimum absolute atomic E-state index is 0.0248. The third-order valence-electron chi connectivity index (χ3n) is 4.04. The standard InChI is InChI=1S/C19H21ClN6O2/c1-2-28-19(27)14-26-18(22-23-24-26)13-25(11-15-6-5-9-21-10-15)12-16-7-3-4-8-17(16)20/h3-10H,2,11-14H2,1H3. The average Bonchev–Trinajstić information content (AvgIpc) is 3.11. The van der Waals surface area contributed by atoms with E-state index in [4.69, 9.17) is 16.3 Å². The highest BCUT2D eigenvalue weighted by Gasteiger charge is 2.17. The van der Waals surface area contributed by atoms with Crippen LogP contribution in [0.15, 0.2) is 48.8 Å². The Morgan fingerprint density at radius 2 is 2.04 bits per heavy atom. The molecule has 0 spiro atoms. The van der Waals surface area contributed by atoms with Crippen LogP contribution in [-0.2, 0) is 35.7 Å². The first-order chi connectivity index (χ1) is 13.7. The van der Waals surface area contributed by atoms with Crippen molar-refractivity contribution in [1.82, 2.24) is 30.1 Å². The molecular weight excluding hydrogens is 380 g/mol. The van der Waals surface area contributed by atoms with Crippen LogP contribution in [-0.4, -0.2) is 42.7 Å². The Morgan fingerprint density at radius 1 is 1.18 bits per heavy atom. The summed E-state index contributed by atoms with van der Waals surface area (Å²) in [5.74, 6) is 0.199. The molecule has 0 aliphatic carbocycles. The topological polar surface area (TPSA) is 86.0 Å². The van der Waals surface area contributed by atoms with Crippen LogP contribution in [0.2, 0.25) is 5.02 Å². The maximum absolute atomic E-state index is 11.8. The van der Waals surface area contributed by atoms with Crippen molar-refractivity contribution in [3.63, 3.8) is 0 Å². The van der Waals surface area contributed by atoms with Gasteiger partial charge in [-0.1, -0.05) is 35.9 Å². The monoisotopic (exact) mass is 400 g/mol. The molecule has 28 heavy (non-hydrogen) atoms. The third kappa shape index (κ3) is 5.58. The van der Waals surface area contributed by atoms with E-state index in [0.29, 0.717) is 37.1 Å². The number of hydrogen-bond acceptors (Lipinski definition) is 7. The van der Waals surface area contributed by atoms with Gasteiger partial charge in [-0.25, -0.2) is 4.68 Å². The van der Waals surface area contributed by atoms with Gasteiger partial charge in [0.2, 0.25) is 0 Å². The summed E-state index contributed by atoms with van der Waals surface area (Å²) >= 11 is 6.34. The van der Waals surface area contributed by atoms with Crippen molar-refractivity contribution in [2.75, 3.05) is 6.61 Å². The van der Waals surface area contributed by atoms with E-state index in [2.05, 4.69) is 25.4 Å². The Balaban J connectivity index is 1.78. The number of nitrogens with zero attached hydrogens (tertiary/aromatic N) is 6. The van der Waals surface area contributed by atoms with Gasteiger partial charge in [0.05, 0.1) is 13.2 Å². The highest BCUT2D eigenvalue weighted by atomic mass is 35.5. The Morgan fingerprint density at radius 3 is 2.79 bits per heavy atom. The van der Waals surface area contributed by atoms with Crippen LogP contribution in [0.3, 0.4) is 0 Å². The Hall–Kier alpha value is -2.84. The number of hydrogen-bond donors (Lipinski definition) is 0. The minimum Gasteiger partial charge on any atom is -0.465 e. The van der Waals surface area contributed by atoms with E-state index in [1.165, 1.54) is 4.68 Å². The fourth-order valence-corrected chi connectivity index (χ4v) is 2.97. The quantitative estimate of drug-likeness (QED) is 0.510. The molecule has 3 aromatic rings. The summed E-state index contributed by atoms with van der Waals surface area (Å²) in [5.41, 5.74) is 2.05. The molecule has 146 valence electrons. The summed E-state index contributed by atoms with van der Waals surface area (Å²) < 4.78 is 6.45. The van der Waals surface area contributed by atoms with Crippen LogP contribution in [0.5, 0.6) is 0 Å². The number of benzene rings is 1. The Bertz CT molecular complexity index is 902. The number of ether oxygens (including phenoxy) is 1. The van der Waals surface area contributed by atoms with Crippen molar-refractivity contribution < 1.29 is 9.53 Å². The predicted molar refractivity (Wildman–Crippen MR) is 103 cm³/mol. The highest BCUT2D eigenvalue weighted by molar-refractivity contribution is 6.31. The molecule has 2 heterocycles. The van der Waals surface area contributed by atoms with Gasteiger partial charge in [0, 0.05) is 30.5 Å². The molecule has 0 N–H and O–H groups in total. The number of aromatic nitrogens is 5. The van der Waals surface area contributed by atoms with Crippen molar-refractivity contribution in [3.8, 4) is 0 Å². The number of rotatable bonds is 9. The van der Waals surface area contributed by atoms with Gasteiger partial charge < -0.3 is 4.74 Å². The molecule has 0 aliphatic rings. The number of pyridine rings is 1. The van der Waals surface area contributed by atoms with Crippen LogP contribution < -0.4 is 0 Å². The van der Waals surface area contributed by atoms with E-state index in [0.717, 1.165) is 11.1 Å². The van der Waals surface area contributed by atoms with Crippen LogP contribution in [0.4, 0.5) is 0 Å². The van der Waals surface area contributed by atoms with Gasteiger partial charge in [-0.15, -0.1) is 5.10 Å². The molecular formula is C19H21ClN6O2. The maximum Gasteiger partial charge on any atom is 0.327 e. The molecule has 0 atom stereocenters. The number of tetrazole rings is 1. The molecule has 2 aromatic heterocycles. The van der Waals surface area contributed by atoms with E-state index in [1.807, 2.05) is 42.6 Å². The molecule has 0 saturated heterocycles. The second kappa shape index (κ2) is 9.91. The fraction of sp³-hybridized carbons (Fsp3) is 0.316. The number of carbonyl (C=O) groups excluding carboxylic acids is 1. The first-order valence-corrected chi connectivity index (χ1v) is 9.29. The van der Waals surface area contributed by atoms with Gasteiger partial charge >= 0.3 is 5.97 Å². The van der Waals surface area contributed by atoms with Crippen molar-refractivity contribution in [3.05, 3.63) is 70.8 Å². The van der Waals surface area contributed by atoms with E-state index < -0.39 is 0 Å². The smallest absolute Gasteiger partial charge is 0.327 e. The van der Waals surface area contributed by atoms with Gasteiger partial charge in [0.15, 0.2) is 5.82 Å². The van der Waals surface area contributed by atoms with Gasteiger partial charge in [0.1, 0.15) is 6.54 Å². The lowest BCUT2D eigenvalue weighted by Crippen LogP contribution is -2.26.